The number of nitrogens with one attached hydrogen (secondary N) is 1. The van der Waals surface area contributed by atoms with Gasteiger partial charge < -0.3 is 15.0 Å². The number of morpholine rings is 1. The summed E-state index contributed by atoms with van der Waals surface area (Å²) in [4.78, 5) is 16.8. The molecule has 0 aliphatic carbocycles. The highest BCUT2D eigenvalue weighted by Crippen LogP contribution is 2.19. The molecule has 144 valence electrons. The van der Waals surface area contributed by atoms with Gasteiger partial charge in [0.25, 0.3) is 0 Å². The molecule has 1 N–H and O–H groups in total. The molecule has 0 spiro atoms. The highest BCUT2D eigenvalue weighted by Gasteiger charge is 2.18. The Bertz CT molecular complexity index is 743. The zero-order valence-corrected chi connectivity index (χ0v) is 15.8. The number of hydrogen-bond acceptors (Lipinski definition) is 4. The molecule has 27 heavy (non-hydrogen) atoms. The molecule has 1 amide bonds. The lowest BCUT2D eigenvalue weighted by Gasteiger charge is -2.29. The van der Waals surface area contributed by atoms with Crippen LogP contribution in [0.3, 0.4) is 0 Å². The Kier molecular flexibility index (Phi) is 6.42. The van der Waals surface area contributed by atoms with Crippen molar-refractivity contribution in [2.24, 2.45) is 0 Å². The van der Waals surface area contributed by atoms with Crippen molar-refractivity contribution < 1.29 is 13.9 Å². The van der Waals surface area contributed by atoms with E-state index in [4.69, 9.17) is 4.74 Å². The van der Waals surface area contributed by atoms with Gasteiger partial charge in [0.05, 0.1) is 19.3 Å². The second-order valence-corrected chi connectivity index (χ2v) is 6.85. The molecule has 3 rings (SSSR count). The summed E-state index contributed by atoms with van der Waals surface area (Å²) in [6.45, 7) is 5.70. The zero-order chi connectivity index (χ0) is 19.2. The fraction of sp³-hybridized carbons (Fsp3) is 0.381. The molecule has 1 heterocycles. The predicted molar refractivity (Wildman–Crippen MR) is 105 cm³/mol. The third-order valence-electron chi connectivity index (χ3n) is 4.90. The van der Waals surface area contributed by atoms with E-state index in [9.17, 15) is 9.18 Å². The van der Waals surface area contributed by atoms with Crippen LogP contribution in [0.15, 0.2) is 48.5 Å². The van der Waals surface area contributed by atoms with E-state index in [0.717, 1.165) is 43.2 Å². The van der Waals surface area contributed by atoms with Crippen LogP contribution in [-0.4, -0.2) is 50.2 Å². The van der Waals surface area contributed by atoms with E-state index >= 15 is 0 Å². The average molecular weight is 371 g/mol. The number of hydrogen-bond donors (Lipinski definition) is 1. The first kappa shape index (κ1) is 19.3. The van der Waals surface area contributed by atoms with Crippen molar-refractivity contribution >= 4 is 17.3 Å². The Hall–Kier alpha value is -2.44. The minimum atomic E-state index is -0.311. The number of carbonyl (C=O) groups excluding carboxylic acids is 1. The molecule has 2 aromatic carbocycles. The Morgan fingerprint density at radius 2 is 1.78 bits per heavy atom. The van der Waals surface area contributed by atoms with Gasteiger partial charge in [-0.25, -0.2) is 4.39 Å². The predicted octanol–water partition coefficient (Wildman–Crippen LogP) is 3.12. The first-order chi connectivity index (χ1) is 13.0. The summed E-state index contributed by atoms with van der Waals surface area (Å²) in [6.07, 6.45) is 0. The summed E-state index contributed by atoms with van der Waals surface area (Å²) in [6, 6.07) is 13.9. The monoisotopic (exact) mass is 371 g/mol. The van der Waals surface area contributed by atoms with E-state index in [2.05, 4.69) is 10.2 Å². The molecular weight excluding hydrogens is 345 g/mol. The van der Waals surface area contributed by atoms with Crippen molar-refractivity contribution in [1.82, 2.24) is 4.90 Å². The van der Waals surface area contributed by atoms with E-state index in [1.165, 1.54) is 12.1 Å². The van der Waals surface area contributed by atoms with Crippen LogP contribution < -0.4 is 10.2 Å². The molecule has 1 aliphatic rings. The maximum Gasteiger partial charge on any atom is 0.241 e. The molecule has 1 saturated heterocycles. The van der Waals surface area contributed by atoms with Crippen molar-refractivity contribution in [3.63, 3.8) is 0 Å². The van der Waals surface area contributed by atoms with Gasteiger partial charge in [-0.1, -0.05) is 12.1 Å². The summed E-state index contributed by atoms with van der Waals surface area (Å²) in [5.41, 5.74) is 2.88. The second-order valence-electron chi connectivity index (χ2n) is 6.85. The fourth-order valence-corrected chi connectivity index (χ4v) is 3.04. The van der Waals surface area contributed by atoms with Crippen LogP contribution in [0.1, 0.15) is 12.5 Å². The first-order valence-corrected chi connectivity index (χ1v) is 9.21. The van der Waals surface area contributed by atoms with Crippen LogP contribution in [0.4, 0.5) is 15.8 Å². The molecule has 0 bridgehead atoms. The van der Waals surface area contributed by atoms with E-state index < -0.39 is 0 Å². The van der Waals surface area contributed by atoms with Gasteiger partial charge in [-0.2, -0.15) is 0 Å². The highest BCUT2D eigenvalue weighted by atomic mass is 19.1. The van der Waals surface area contributed by atoms with Crippen molar-refractivity contribution in [2.75, 3.05) is 43.6 Å². The Morgan fingerprint density at radius 1 is 1.15 bits per heavy atom. The summed E-state index contributed by atoms with van der Waals surface area (Å²) in [5.74, 6) is -0.327. The van der Waals surface area contributed by atoms with E-state index in [1.54, 1.807) is 12.1 Å². The van der Waals surface area contributed by atoms with Crippen molar-refractivity contribution in [2.45, 2.75) is 19.5 Å². The van der Waals surface area contributed by atoms with E-state index in [0.29, 0.717) is 6.54 Å². The minimum Gasteiger partial charge on any atom is -0.378 e. The molecule has 0 radical (unpaired) electrons. The Morgan fingerprint density at radius 3 is 2.41 bits per heavy atom. The zero-order valence-electron chi connectivity index (χ0n) is 15.8. The fourth-order valence-electron chi connectivity index (χ4n) is 3.04. The highest BCUT2D eigenvalue weighted by molar-refractivity contribution is 5.94. The van der Waals surface area contributed by atoms with Gasteiger partial charge in [-0.3, -0.25) is 9.69 Å². The minimum absolute atomic E-state index is 0.0706. The average Bonchev–Trinajstić information content (AvgIpc) is 2.70. The molecular formula is C21H26FN3O2. The largest absolute Gasteiger partial charge is 0.378 e. The molecule has 0 saturated carbocycles. The maximum atomic E-state index is 13.0. The molecule has 0 unspecified atom stereocenters. The Balaban J connectivity index is 1.54. The molecule has 1 fully saturated rings. The molecule has 1 atom stereocenters. The molecule has 6 heteroatoms. The summed E-state index contributed by atoms with van der Waals surface area (Å²) >= 11 is 0. The lowest BCUT2D eigenvalue weighted by Crippen LogP contribution is -2.39. The number of carbonyl (C=O) groups is 1. The number of nitrogens with zero attached hydrogens (tertiary/aromatic N) is 2. The van der Waals surface area contributed by atoms with Gasteiger partial charge in [0.1, 0.15) is 5.82 Å². The third kappa shape index (κ3) is 5.28. The molecule has 1 aliphatic heterocycles. The lowest BCUT2D eigenvalue weighted by atomic mass is 10.1. The SMILES string of the molecule is C[C@@H](C(=O)Nc1ccc(N2CCOCC2)cc1)N(C)Cc1ccc(F)cc1. The maximum absolute atomic E-state index is 13.0. The van der Waals surface area contributed by atoms with Gasteiger partial charge in [-0.15, -0.1) is 0 Å². The van der Waals surface area contributed by atoms with Crippen molar-refractivity contribution in [3.05, 3.63) is 59.9 Å². The lowest BCUT2D eigenvalue weighted by molar-refractivity contribution is -0.120. The normalized spacial score (nSPS) is 15.6. The third-order valence-corrected chi connectivity index (χ3v) is 4.90. The van der Waals surface area contributed by atoms with Gasteiger partial charge in [0.2, 0.25) is 5.91 Å². The number of benzene rings is 2. The number of rotatable bonds is 6. The van der Waals surface area contributed by atoms with Crippen LogP contribution in [0.5, 0.6) is 0 Å². The summed E-state index contributed by atoms with van der Waals surface area (Å²) in [7, 11) is 1.88. The van der Waals surface area contributed by atoms with Crippen LogP contribution >= 0.6 is 0 Å². The molecule has 0 aromatic heterocycles. The number of halogens is 1. The summed E-state index contributed by atoms with van der Waals surface area (Å²) < 4.78 is 18.4. The number of amides is 1. The topological polar surface area (TPSA) is 44.8 Å². The van der Waals surface area contributed by atoms with E-state index in [-0.39, 0.29) is 17.8 Å². The van der Waals surface area contributed by atoms with Gasteiger partial charge in [-0.05, 0) is 55.9 Å². The molecule has 5 nitrogen and oxygen atoms in total. The van der Waals surface area contributed by atoms with Crippen LogP contribution in [0, 0.1) is 5.82 Å². The van der Waals surface area contributed by atoms with Gasteiger partial charge in [0, 0.05) is 31.0 Å². The number of anilines is 2. The van der Waals surface area contributed by atoms with E-state index in [1.807, 2.05) is 43.1 Å². The standard InChI is InChI=1S/C21H26FN3O2/c1-16(24(2)15-17-3-5-18(22)6-4-17)21(26)23-19-7-9-20(10-8-19)25-11-13-27-14-12-25/h3-10,16H,11-15H2,1-2H3,(H,23,26)/t16-/m0/s1. The molecule has 2 aromatic rings. The van der Waals surface area contributed by atoms with Gasteiger partial charge >= 0.3 is 0 Å². The summed E-state index contributed by atoms with van der Waals surface area (Å²) in [5, 5.41) is 2.96. The Labute approximate surface area is 159 Å². The van der Waals surface area contributed by atoms with Crippen LogP contribution in [0.25, 0.3) is 0 Å². The smallest absolute Gasteiger partial charge is 0.241 e. The van der Waals surface area contributed by atoms with Crippen LogP contribution in [0.2, 0.25) is 0 Å². The van der Waals surface area contributed by atoms with Crippen molar-refractivity contribution in [3.8, 4) is 0 Å². The number of likely N-dealkylation sites (N-methyl/N-ethyl adjacent to an activating group) is 1. The quantitative estimate of drug-likeness (QED) is 0.847. The number of ether oxygens (including phenoxy) is 1. The second kappa shape index (κ2) is 8.97. The van der Waals surface area contributed by atoms with Gasteiger partial charge in [0.15, 0.2) is 0 Å². The van der Waals surface area contributed by atoms with Crippen LogP contribution in [-0.2, 0) is 16.1 Å². The first-order valence-electron chi connectivity index (χ1n) is 9.21. The van der Waals surface area contributed by atoms with Crippen molar-refractivity contribution in [1.29, 1.82) is 0 Å².